The maximum Gasteiger partial charge on any atom is 0.0725 e. The summed E-state index contributed by atoms with van der Waals surface area (Å²) < 4.78 is 10.8. The number of likely N-dealkylation sites (N-methyl/N-ethyl adjacent to an activating group) is 1. The lowest BCUT2D eigenvalue weighted by Crippen LogP contribution is -2.40. The van der Waals surface area contributed by atoms with E-state index in [0.717, 1.165) is 52.6 Å². The van der Waals surface area contributed by atoms with E-state index in [4.69, 9.17) is 9.47 Å². The summed E-state index contributed by atoms with van der Waals surface area (Å²) in [6, 6.07) is 6.66. The molecule has 1 saturated heterocycles. The number of hydrogen-bond donors (Lipinski definition) is 0. The average Bonchev–Trinajstić information content (AvgIpc) is 2.93. The van der Waals surface area contributed by atoms with Crippen LogP contribution in [-0.2, 0) is 22.7 Å². The van der Waals surface area contributed by atoms with E-state index in [2.05, 4.69) is 35.0 Å². The normalized spacial score (nSPS) is 19.4. The highest BCUT2D eigenvalue weighted by Crippen LogP contribution is 2.24. The average molecular weight is 262 g/mol. The molecule has 0 radical (unpaired) electrons. The van der Waals surface area contributed by atoms with Gasteiger partial charge in [-0.2, -0.15) is 0 Å². The van der Waals surface area contributed by atoms with Gasteiger partial charge in [0.2, 0.25) is 0 Å². The zero-order chi connectivity index (χ0) is 13.1. The van der Waals surface area contributed by atoms with Crippen LogP contribution in [0.25, 0.3) is 0 Å². The molecule has 3 rings (SSSR count). The smallest absolute Gasteiger partial charge is 0.0725 e. The van der Waals surface area contributed by atoms with E-state index in [1.165, 1.54) is 16.8 Å². The topological polar surface area (TPSA) is 24.9 Å². The predicted molar refractivity (Wildman–Crippen MR) is 75.5 cm³/mol. The number of anilines is 1. The molecule has 2 aliphatic heterocycles. The zero-order valence-corrected chi connectivity index (χ0v) is 11.6. The van der Waals surface area contributed by atoms with Gasteiger partial charge < -0.3 is 14.4 Å². The minimum atomic E-state index is 0.764. The first-order chi connectivity index (χ1) is 9.33. The minimum absolute atomic E-state index is 0.764. The van der Waals surface area contributed by atoms with Crippen molar-refractivity contribution < 1.29 is 9.47 Å². The number of benzene rings is 1. The van der Waals surface area contributed by atoms with E-state index < -0.39 is 0 Å². The lowest BCUT2D eigenvalue weighted by atomic mass is 10.1. The lowest BCUT2D eigenvalue weighted by Gasteiger charge is -2.29. The van der Waals surface area contributed by atoms with Crippen molar-refractivity contribution >= 4 is 5.69 Å². The molecule has 0 N–H and O–H groups in total. The van der Waals surface area contributed by atoms with Gasteiger partial charge in [-0.1, -0.05) is 6.07 Å². The second-order valence-corrected chi connectivity index (χ2v) is 5.32. The first-order valence-corrected chi connectivity index (χ1v) is 7.04. The highest BCUT2D eigenvalue weighted by molar-refractivity contribution is 5.51. The van der Waals surface area contributed by atoms with Gasteiger partial charge in [-0.3, -0.25) is 4.90 Å². The van der Waals surface area contributed by atoms with Crippen LogP contribution in [0.4, 0.5) is 5.69 Å². The number of rotatable bonds is 4. The Bertz CT molecular complexity index is 430. The van der Waals surface area contributed by atoms with Gasteiger partial charge in [0.25, 0.3) is 0 Å². The van der Waals surface area contributed by atoms with Gasteiger partial charge >= 0.3 is 0 Å². The first-order valence-electron chi connectivity index (χ1n) is 7.04. The van der Waals surface area contributed by atoms with Crippen molar-refractivity contribution in [2.24, 2.45) is 0 Å². The Morgan fingerprint density at radius 2 is 1.89 bits per heavy atom. The van der Waals surface area contributed by atoms with Gasteiger partial charge in [0.1, 0.15) is 0 Å². The molecule has 19 heavy (non-hydrogen) atoms. The van der Waals surface area contributed by atoms with Crippen LogP contribution in [0.5, 0.6) is 0 Å². The fraction of sp³-hybridized carbons (Fsp3) is 0.600. The van der Waals surface area contributed by atoms with Gasteiger partial charge in [0, 0.05) is 38.9 Å². The number of hydrogen-bond acceptors (Lipinski definition) is 4. The van der Waals surface area contributed by atoms with Gasteiger partial charge in [0.15, 0.2) is 0 Å². The van der Waals surface area contributed by atoms with Crippen molar-refractivity contribution in [1.82, 2.24) is 4.90 Å². The maximum absolute atomic E-state index is 5.46. The summed E-state index contributed by atoms with van der Waals surface area (Å²) in [6.07, 6.45) is 0. The molecule has 0 bridgehead atoms. The molecule has 0 atom stereocenters. The summed E-state index contributed by atoms with van der Waals surface area (Å²) in [5.41, 5.74) is 3.97. The molecule has 0 aromatic heterocycles. The maximum atomic E-state index is 5.46. The van der Waals surface area contributed by atoms with Crippen LogP contribution in [0.2, 0.25) is 0 Å². The SMILES string of the molecule is CN(CCN1CCOCC1)c1ccc2c(c1)COC2. The first kappa shape index (κ1) is 12.9. The van der Waals surface area contributed by atoms with Crippen LogP contribution in [0, 0.1) is 0 Å². The van der Waals surface area contributed by atoms with Crippen LogP contribution in [0.1, 0.15) is 11.1 Å². The molecule has 1 aromatic rings. The van der Waals surface area contributed by atoms with Gasteiger partial charge in [-0.05, 0) is 23.3 Å². The Morgan fingerprint density at radius 1 is 1.11 bits per heavy atom. The highest BCUT2D eigenvalue weighted by Gasteiger charge is 2.14. The van der Waals surface area contributed by atoms with Crippen molar-refractivity contribution in [3.8, 4) is 0 Å². The van der Waals surface area contributed by atoms with Crippen LogP contribution in [0.15, 0.2) is 18.2 Å². The standard InChI is InChI=1S/C15H22N2O2/c1-16(4-5-17-6-8-18-9-7-17)15-3-2-13-11-19-12-14(13)10-15/h2-3,10H,4-9,11-12H2,1H3. The Morgan fingerprint density at radius 3 is 2.74 bits per heavy atom. The summed E-state index contributed by atoms with van der Waals surface area (Å²) in [6.45, 7) is 7.57. The molecular weight excluding hydrogens is 240 g/mol. The van der Waals surface area contributed by atoms with E-state index in [0.29, 0.717) is 0 Å². The summed E-state index contributed by atoms with van der Waals surface area (Å²) in [5, 5.41) is 0. The molecule has 4 nitrogen and oxygen atoms in total. The van der Waals surface area contributed by atoms with Crippen molar-refractivity contribution in [2.75, 3.05) is 51.3 Å². The zero-order valence-electron chi connectivity index (χ0n) is 11.6. The summed E-state index contributed by atoms with van der Waals surface area (Å²) >= 11 is 0. The van der Waals surface area contributed by atoms with E-state index >= 15 is 0 Å². The third-order valence-electron chi connectivity index (χ3n) is 4.00. The predicted octanol–water partition coefficient (Wildman–Crippen LogP) is 1.49. The quantitative estimate of drug-likeness (QED) is 0.820. The molecule has 0 saturated carbocycles. The highest BCUT2D eigenvalue weighted by atomic mass is 16.5. The summed E-state index contributed by atoms with van der Waals surface area (Å²) in [4.78, 5) is 4.80. The molecule has 0 amide bonds. The largest absolute Gasteiger partial charge is 0.379 e. The second kappa shape index (κ2) is 5.90. The van der Waals surface area contributed by atoms with Gasteiger partial charge in [0.05, 0.1) is 26.4 Å². The molecule has 0 aliphatic carbocycles. The molecule has 1 fully saturated rings. The Hall–Kier alpha value is -1.10. The monoisotopic (exact) mass is 262 g/mol. The van der Waals surface area contributed by atoms with Crippen LogP contribution in [0.3, 0.4) is 0 Å². The third-order valence-corrected chi connectivity index (χ3v) is 4.00. The Balaban J connectivity index is 1.56. The van der Waals surface area contributed by atoms with Crippen molar-refractivity contribution in [2.45, 2.75) is 13.2 Å². The van der Waals surface area contributed by atoms with Crippen molar-refractivity contribution in [3.63, 3.8) is 0 Å². The van der Waals surface area contributed by atoms with E-state index in [1.807, 2.05) is 0 Å². The fourth-order valence-electron chi connectivity index (χ4n) is 2.64. The van der Waals surface area contributed by atoms with Crippen LogP contribution >= 0.6 is 0 Å². The minimum Gasteiger partial charge on any atom is -0.379 e. The third kappa shape index (κ3) is 3.08. The Labute approximate surface area is 114 Å². The number of fused-ring (bicyclic) bond motifs is 1. The van der Waals surface area contributed by atoms with Gasteiger partial charge in [-0.25, -0.2) is 0 Å². The van der Waals surface area contributed by atoms with E-state index in [1.54, 1.807) is 0 Å². The molecule has 4 heteroatoms. The molecular formula is C15H22N2O2. The van der Waals surface area contributed by atoms with Crippen molar-refractivity contribution in [3.05, 3.63) is 29.3 Å². The summed E-state index contributed by atoms with van der Waals surface area (Å²) in [5.74, 6) is 0. The molecule has 2 heterocycles. The molecule has 1 aromatic carbocycles. The second-order valence-electron chi connectivity index (χ2n) is 5.32. The fourth-order valence-corrected chi connectivity index (χ4v) is 2.64. The molecule has 0 unspecified atom stereocenters. The number of morpholine rings is 1. The number of nitrogens with zero attached hydrogens (tertiary/aromatic N) is 2. The lowest BCUT2D eigenvalue weighted by molar-refractivity contribution is 0.0393. The van der Waals surface area contributed by atoms with Crippen LogP contribution < -0.4 is 4.90 Å². The summed E-state index contributed by atoms with van der Waals surface area (Å²) in [7, 11) is 2.16. The van der Waals surface area contributed by atoms with Gasteiger partial charge in [-0.15, -0.1) is 0 Å². The van der Waals surface area contributed by atoms with Crippen molar-refractivity contribution in [1.29, 1.82) is 0 Å². The van der Waals surface area contributed by atoms with Crippen LogP contribution in [-0.4, -0.2) is 51.3 Å². The van der Waals surface area contributed by atoms with E-state index in [9.17, 15) is 0 Å². The number of ether oxygens (including phenoxy) is 2. The molecule has 0 spiro atoms. The van der Waals surface area contributed by atoms with E-state index in [-0.39, 0.29) is 0 Å². The Kier molecular flexibility index (Phi) is 4.01. The molecule has 2 aliphatic rings. The molecule has 104 valence electrons.